The first-order valence-electron chi connectivity index (χ1n) is 4.48. The van der Waals surface area contributed by atoms with Gasteiger partial charge in [0.1, 0.15) is 0 Å². The van der Waals surface area contributed by atoms with Crippen LogP contribution in [-0.2, 0) is 0 Å². The lowest BCUT2D eigenvalue weighted by atomic mass is 10.2. The Hall–Kier alpha value is -0.770. The topological polar surface area (TPSA) is 55.1 Å². The zero-order valence-electron chi connectivity index (χ0n) is 8.20. The van der Waals surface area contributed by atoms with E-state index in [4.69, 9.17) is 17.3 Å². The van der Waals surface area contributed by atoms with Crippen LogP contribution in [0.4, 0.5) is 0 Å². The number of hydrogen-bond donors (Lipinski definition) is 2. The molecule has 0 radical (unpaired) electrons. The number of carbonyl (C=O) groups excluding carboxylic acids is 1. The van der Waals surface area contributed by atoms with Crippen LogP contribution in [-0.4, -0.2) is 19.0 Å². The van der Waals surface area contributed by atoms with Crippen molar-refractivity contribution < 1.29 is 4.79 Å². The monoisotopic (exact) mass is 248 g/mol. The molecule has 0 unspecified atom stereocenters. The van der Waals surface area contributed by atoms with Gasteiger partial charge in [-0.05, 0) is 31.2 Å². The summed E-state index contributed by atoms with van der Waals surface area (Å²) >= 11 is 5.75. The van der Waals surface area contributed by atoms with Crippen LogP contribution in [0.1, 0.15) is 16.8 Å². The molecule has 1 aromatic carbocycles. The Balaban J connectivity index is 0.00000196. The molecule has 3 nitrogen and oxygen atoms in total. The SMILES string of the molecule is Cl.NCCCNC(=O)c1cccc(Cl)c1. The molecule has 1 aromatic rings. The summed E-state index contributed by atoms with van der Waals surface area (Å²) in [6.45, 7) is 1.18. The van der Waals surface area contributed by atoms with E-state index in [2.05, 4.69) is 5.32 Å². The second-order valence-electron chi connectivity index (χ2n) is 2.91. The molecule has 15 heavy (non-hydrogen) atoms. The van der Waals surface area contributed by atoms with Crippen molar-refractivity contribution in [3.8, 4) is 0 Å². The van der Waals surface area contributed by atoms with E-state index >= 15 is 0 Å². The lowest BCUT2D eigenvalue weighted by Crippen LogP contribution is -2.25. The van der Waals surface area contributed by atoms with E-state index in [9.17, 15) is 4.79 Å². The third kappa shape index (κ3) is 5.02. The predicted octanol–water partition coefficient (Wildman–Crippen LogP) is 1.84. The third-order valence-electron chi connectivity index (χ3n) is 1.75. The summed E-state index contributed by atoms with van der Waals surface area (Å²) in [7, 11) is 0. The van der Waals surface area contributed by atoms with Gasteiger partial charge in [-0.3, -0.25) is 4.79 Å². The second kappa shape index (κ2) is 7.51. The third-order valence-corrected chi connectivity index (χ3v) is 1.99. The van der Waals surface area contributed by atoms with Crippen molar-refractivity contribution in [3.63, 3.8) is 0 Å². The van der Waals surface area contributed by atoms with Crippen LogP contribution in [0.3, 0.4) is 0 Å². The average Bonchev–Trinajstić information content (AvgIpc) is 2.18. The summed E-state index contributed by atoms with van der Waals surface area (Å²) < 4.78 is 0. The smallest absolute Gasteiger partial charge is 0.251 e. The molecule has 0 fully saturated rings. The first kappa shape index (κ1) is 14.2. The minimum absolute atomic E-state index is 0. The number of rotatable bonds is 4. The summed E-state index contributed by atoms with van der Waals surface area (Å²) in [6, 6.07) is 6.85. The lowest BCUT2D eigenvalue weighted by molar-refractivity contribution is 0.0953. The zero-order chi connectivity index (χ0) is 10.4. The zero-order valence-corrected chi connectivity index (χ0v) is 9.77. The van der Waals surface area contributed by atoms with Crippen LogP contribution >= 0.6 is 24.0 Å². The van der Waals surface area contributed by atoms with Crippen LogP contribution in [0.2, 0.25) is 5.02 Å². The molecule has 1 amide bonds. The highest BCUT2D eigenvalue weighted by Crippen LogP contribution is 2.10. The molecule has 0 aromatic heterocycles. The standard InChI is InChI=1S/C10H13ClN2O.ClH/c11-9-4-1-3-8(7-9)10(14)13-6-2-5-12;/h1,3-4,7H,2,5-6,12H2,(H,13,14);1H. The van der Waals surface area contributed by atoms with Crippen LogP contribution in [0.5, 0.6) is 0 Å². The van der Waals surface area contributed by atoms with Gasteiger partial charge in [-0.15, -0.1) is 12.4 Å². The molecule has 3 N–H and O–H groups in total. The first-order valence-corrected chi connectivity index (χ1v) is 4.85. The van der Waals surface area contributed by atoms with Crippen molar-refractivity contribution in [2.45, 2.75) is 6.42 Å². The normalized spacial score (nSPS) is 9.20. The lowest BCUT2D eigenvalue weighted by Gasteiger charge is -2.03. The maximum absolute atomic E-state index is 11.5. The molecule has 0 saturated carbocycles. The summed E-state index contributed by atoms with van der Waals surface area (Å²) in [5, 5.41) is 3.32. The molecule has 0 spiro atoms. The van der Waals surface area contributed by atoms with E-state index in [0.29, 0.717) is 23.7 Å². The van der Waals surface area contributed by atoms with Crippen molar-refractivity contribution in [2.24, 2.45) is 5.73 Å². The molecule has 0 heterocycles. The molecule has 0 saturated heterocycles. The van der Waals surface area contributed by atoms with E-state index in [1.54, 1.807) is 24.3 Å². The van der Waals surface area contributed by atoms with Crippen molar-refractivity contribution >= 4 is 29.9 Å². The molecule has 1 rings (SSSR count). The number of nitrogens with two attached hydrogens (primary N) is 1. The van der Waals surface area contributed by atoms with Gasteiger partial charge in [-0.2, -0.15) is 0 Å². The largest absolute Gasteiger partial charge is 0.352 e. The maximum Gasteiger partial charge on any atom is 0.251 e. The highest BCUT2D eigenvalue weighted by molar-refractivity contribution is 6.30. The van der Waals surface area contributed by atoms with Crippen LogP contribution in [0.25, 0.3) is 0 Å². The fraction of sp³-hybridized carbons (Fsp3) is 0.300. The van der Waals surface area contributed by atoms with Gasteiger partial charge >= 0.3 is 0 Å². The van der Waals surface area contributed by atoms with Crippen LogP contribution < -0.4 is 11.1 Å². The summed E-state index contributed by atoms with van der Waals surface area (Å²) in [5.41, 5.74) is 5.88. The number of amides is 1. The van der Waals surface area contributed by atoms with Crippen molar-refractivity contribution in [1.29, 1.82) is 0 Å². The van der Waals surface area contributed by atoms with Gasteiger partial charge in [-0.25, -0.2) is 0 Å². The number of hydrogen-bond acceptors (Lipinski definition) is 2. The summed E-state index contributed by atoms with van der Waals surface area (Å²) in [5.74, 6) is -0.110. The minimum atomic E-state index is -0.110. The molecule has 0 aliphatic heterocycles. The Morgan fingerprint density at radius 1 is 1.47 bits per heavy atom. The van der Waals surface area contributed by atoms with Gasteiger partial charge in [0, 0.05) is 17.1 Å². The highest BCUT2D eigenvalue weighted by atomic mass is 35.5. The van der Waals surface area contributed by atoms with E-state index in [1.165, 1.54) is 0 Å². The molecule has 0 aliphatic carbocycles. The number of carbonyl (C=O) groups is 1. The van der Waals surface area contributed by atoms with E-state index in [0.717, 1.165) is 6.42 Å². The molecule has 0 aliphatic rings. The van der Waals surface area contributed by atoms with Crippen molar-refractivity contribution in [2.75, 3.05) is 13.1 Å². The quantitative estimate of drug-likeness (QED) is 0.800. The molecule has 0 bridgehead atoms. The summed E-state index contributed by atoms with van der Waals surface area (Å²) in [6.07, 6.45) is 0.784. The first-order chi connectivity index (χ1) is 6.74. The van der Waals surface area contributed by atoms with Crippen molar-refractivity contribution in [1.82, 2.24) is 5.32 Å². The Bertz CT molecular complexity index is 318. The van der Waals surface area contributed by atoms with Gasteiger partial charge in [0.15, 0.2) is 0 Å². The number of nitrogens with one attached hydrogen (secondary N) is 1. The Morgan fingerprint density at radius 2 is 2.20 bits per heavy atom. The van der Waals surface area contributed by atoms with Crippen LogP contribution in [0.15, 0.2) is 24.3 Å². The second-order valence-corrected chi connectivity index (χ2v) is 3.34. The fourth-order valence-electron chi connectivity index (χ4n) is 1.04. The van der Waals surface area contributed by atoms with E-state index < -0.39 is 0 Å². The summed E-state index contributed by atoms with van der Waals surface area (Å²) in [4.78, 5) is 11.5. The Kier molecular flexibility index (Phi) is 7.13. The fourth-order valence-corrected chi connectivity index (χ4v) is 1.23. The Morgan fingerprint density at radius 3 is 2.80 bits per heavy atom. The minimum Gasteiger partial charge on any atom is -0.352 e. The molecule has 84 valence electrons. The number of halogens is 2. The molecular weight excluding hydrogens is 235 g/mol. The average molecular weight is 249 g/mol. The van der Waals surface area contributed by atoms with Gasteiger partial charge < -0.3 is 11.1 Å². The van der Waals surface area contributed by atoms with Gasteiger partial charge in [0.2, 0.25) is 0 Å². The van der Waals surface area contributed by atoms with Gasteiger partial charge in [0.05, 0.1) is 0 Å². The molecular formula is C10H14Cl2N2O. The van der Waals surface area contributed by atoms with E-state index in [-0.39, 0.29) is 18.3 Å². The van der Waals surface area contributed by atoms with Gasteiger partial charge in [-0.1, -0.05) is 17.7 Å². The number of benzene rings is 1. The Labute approximate surface area is 100 Å². The van der Waals surface area contributed by atoms with Gasteiger partial charge in [0.25, 0.3) is 5.91 Å². The highest BCUT2D eigenvalue weighted by Gasteiger charge is 2.03. The van der Waals surface area contributed by atoms with E-state index in [1.807, 2.05) is 0 Å². The predicted molar refractivity (Wildman–Crippen MR) is 64.7 cm³/mol. The van der Waals surface area contributed by atoms with Crippen molar-refractivity contribution in [3.05, 3.63) is 34.9 Å². The molecule has 5 heteroatoms. The molecule has 0 atom stereocenters. The maximum atomic E-state index is 11.5. The van der Waals surface area contributed by atoms with Crippen LogP contribution in [0, 0.1) is 0 Å².